The van der Waals surface area contributed by atoms with Crippen LogP contribution in [0, 0.1) is 13.8 Å². The second kappa shape index (κ2) is 10.2. The number of carboxylic acid groups (broad SMARTS) is 1. The van der Waals surface area contributed by atoms with Gasteiger partial charge in [0.25, 0.3) is 0 Å². The van der Waals surface area contributed by atoms with Crippen LogP contribution in [0.4, 0.5) is 5.69 Å². The Morgan fingerprint density at radius 1 is 1.13 bits per heavy atom. The number of benzene rings is 1. The van der Waals surface area contributed by atoms with Crippen LogP contribution >= 0.6 is 11.6 Å². The first-order valence-corrected chi connectivity index (χ1v) is 11.0. The van der Waals surface area contributed by atoms with Crippen LogP contribution in [-0.4, -0.2) is 65.7 Å². The zero-order valence-electron chi connectivity index (χ0n) is 18.4. The van der Waals surface area contributed by atoms with Crippen molar-refractivity contribution in [3.63, 3.8) is 0 Å². The summed E-state index contributed by atoms with van der Waals surface area (Å²) in [6.07, 6.45) is 2.68. The molecule has 3 rings (SSSR count). The molecule has 0 spiro atoms. The third-order valence-electron chi connectivity index (χ3n) is 5.90. The molecule has 1 saturated heterocycles. The lowest BCUT2D eigenvalue weighted by molar-refractivity contribution is -0.120. The standard InChI is InChI=1S/C23H31ClN4O3/c1-16-5-6-18(24)13-19(16)28-11-9-27(10-12-28)8-4-7-25-21(29)14-20-22(23(30)31)17(2)15-26(20)3/h5-6,13,15H,4,7-12,14H2,1-3H3,(H,25,29)(H,30,31). The van der Waals surface area contributed by atoms with Gasteiger partial charge < -0.3 is 19.9 Å². The Morgan fingerprint density at radius 3 is 2.52 bits per heavy atom. The Labute approximate surface area is 188 Å². The molecular formula is C23H31ClN4O3. The van der Waals surface area contributed by atoms with Crippen LogP contribution in [-0.2, 0) is 18.3 Å². The van der Waals surface area contributed by atoms with Gasteiger partial charge in [-0.15, -0.1) is 0 Å². The second-order valence-corrected chi connectivity index (χ2v) is 8.63. The number of piperazine rings is 1. The van der Waals surface area contributed by atoms with Crippen molar-refractivity contribution in [1.82, 2.24) is 14.8 Å². The molecule has 1 aromatic carbocycles. The van der Waals surface area contributed by atoms with E-state index < -0.39 is 5.97 Å². The number of rotatable bonds is 8. The predicted molar refractivity (Wildman–Crippen MR) is 123 cm³/mol. The molecule has 0 radical (unpaired) electrons. The molecular weight excluding hydrogens is 416 g/mol. The molecule has 31 heavy (non-hydrogen) atoms. The Morgan fingerprint density at radius 2 is 1.84 bits per heavy atom. The van der Waals surface area contributed by atoms with Gasteiger partial charge in [0.1, 0.15) is 0 Å². The molecule has 8 heteroatoms. The minimum atomic E-state index is -0.993. The molecule has 0 atom stereocenters. The van der Waals surface area contributed by atoms with Crippen LogP contribution in [0.1, 0.15) is 33.6 Å². The number of amides is 1. The monoisotopic (exact) mass is 446 g/mol. The highest BCUT2D eigenvalue weighted by atomic mass is 35.5. The minimum absolute atomic E-state index is 0.0730. The predicted octanol–water partition coefficient (Wildman–Crippen LogP) is 2.86. The molecule has 2 heterocycles. The van der Waals surface area contributed by atoms with Crippen molar-refractivity contribution >= 4 is 29.2 Å². The number of carbonyl (C=O) groups is 2. The molecule has 1 fully saturated rings. The quantitative estimate of drug-likeness (QED) is 0.610. The lowest BCUT2D eigenvalue weighted by Gasteiger charge is -2.37. The molecule has 1 aliphatic heterocycles. The van der Waals surface area contributed by atoms with Gasteiger partial charge in [0.15, 0.2) is 0 Å². The third kappa shape index (κ3) is 5.80. The maximum absolute atomic E-state index is 12.3. The maximum atomic E-state index is 12.3. The zero-order chi connectivity index (χ0) is 22.5. The fourth-order valence-electron chi connectivity index (χ4n) is 4.22. The molecule has 1 aliphatic rings. The summed E-state index contributed by atoms with van der Waals surface area (Å²) in [5, 5.41) is 13.1. The number of aromatic carboxylic acids is 1. The van der Waals surface area contributed by atoms with E-state index in [9.17, 15) is 14.7 Å². The SMILES string of the molecule is Cc1ccc(Cl)cc1N1CCN(CCCNC(=O)Cc2c(C(=O)O)c(C)cn2C)CC1. The van der Waals surface area contributed by atoms with Crippen LogP contribution in [0.15, 0.2) is 24.4 Å². The summed E-state index contributed by atoms with van der Waals surface area (Å²) in [5.41, 5.74) is 3.88. The highest BCUT2D eigenvalue weighted by Crippen LogP contribution is 2.25. The number of aromatic nitrogens is 1. The third-order valence-corrected chi connectivity index (χ3v) is 6.13. The minimum Gasteiger partial charge on any atom is -0.478 e. The lowest BCUT2D eigenvalue weighted by Crippen LogP contribution is -2.47. The normalized spacial score (nSPS) is 14.6. The fourth-order valence-corrected chi connectivity index (χ4v) is 4.39. The summed E-state index contributed by atoms with van der Waals surface area (Å²) in [5.74, 6) is -1.14. The maximum Gasteiger partial charge on any atom is 0.337 e. The van der Waals surface area contributed by atoms with E-state index in [2.05, 4.69) is 28.1 Å². The van der Waals surface area contributed by atoms with Crippen LogP contribution in [0.25, 0.3) is 0 Å². The Bertz CT molecular complexity index is 949. The molecule has 2 N–H and O–H groups in total. The van der Waals surface area contributed by atoms with Crippen LogP contribution in [0.5, 0.6) is 0 Å². The van der Waals surface area contributed by atoms with Gasteiger partial charge in [-0.1, -0.05) is 17.7 Å². The van der Waals surface area contributed by atoms with Gasteiger partial charge in [0.05, 0.1) is 12.0 Å². The van der Waals surface area contributed by atoms with E-state index in [4.69, 9.17) is 11.6 Å². The van der Waals surface area contributed by atoms with E-state index in [1.807, 2.05) is 12.1 Å². The van der Waals surface area contributed by atoms with Crippen molar-refractivity contribution in [1.29, 1.82) is 0 Å². The largest absolute Gasteiger partial charge is 0.478 e. The molecule has 7 nitrogen and oxygen atoms in total. The average molecular weight is 447 g/mol. The second-order valence-electron chi connectivity index (χ2n) is 8.19. The van der Waals surface area contributed by atoms with Crippen molar-refractivity contribution in [3.05, 3.63) is 51.8 Å². The number of hydrogen-bond donors (Lipinski definition) is 2. The molecule has 168 valence electrons. The first-order valence-electron chi connectivity index (χ1n) is 10.6. The Balaban J connectivity index is 1.40. The smallest absolute Gasteiger partial charge is 0.337 e. The summed E-state index contributed by atoms with van der Waals surface area (Å²) < 4.78 is 1.72. The molecule has 0 unspecified atom stereocenters. The lowest BCUT2D eigenvalue weighted by atomic mass is 10.1. The highest BCUT2D eigenvalue weighted by Gasteiger charge is 2.20. The van der Waals surface area contributed by atoms with E-state index in [0.29, 0.717) is 17.8 Å². The van der Waals surface area contributed by atoms with Gasteiger partial charge in [-0.3, -0.25) is 9.69 Å². The summed E-state index contributed by atoms with van der Waals surface area (Å²) in [6, 6.07) is 6.02. The van der Waals surface area contributed by atoms with Crippen molar-refractivity contribution in [2.75, 3.05) is 44.2 Å². The molecule has 0 bridgehead atoms. The number of nitrogens with one attached hydrogen (secondary N) is 1. The van der Waals surface area contributed by atoms with Crippen molar-refractivity contribution < 1.29 is 14.7 Å². The first kappa shape index (κ1) is 23.2. The van der Waals surface area contributed by atoms with Gasteiger partial charge in [-0.2, -0.15) is 0 Å². The summed E-state index contributed by atoms with van der Waals surface area (Å²) >= 11 is 6.16. The van der Waals surface area contributed by atoms with E-state index in [1.54, 1.807) is 24.7 Å². The van der Waals surface area contributed by atoms with Crippen molar-refractivity contribution in [2.45, 2.75) is 26.7 Å². The number of nitrogens with zero attached hydrogens (tertiary/aromatic N) is 3. The molecule has 1 aromatic heterocycles. The number of carbonyl (C=O) groups excluding carboxylic acids is 1. The molecule has 2 aromatic rings. The number of hydrogen-bond acceptors (Lipinski definition) is 4. The number of aryl methyl sites for hydroxylation is 3. The van der Waals surface area contributed by atoms with Gasteiger partial charge in [0.2, 0.25) is 5.91 Å². The number of anilines is 1. The van der Waals surface area contributed by atoms with Gasteiger partial charge in [-0.25, -0.2) is 4.79 Å². The molecule has 0 aliphatic carbocycles. The Hall–Kier alpha value is -2.51. The summed E-state index contributed by atoms with van der Waals surface area (Å²) in [4.78, 5) is 28.6. The van der Waals surface area contributed by atoms with E-state index in [1.165, 1.54) is 11.3 Å². The van der Waals surface area contributed by atoms with Crippen LogP contribution < -0.4 is 10.2 Å². The summed E-state index contributed by atoms with van der Waals surface area (Å²) in [7, 11) is 1.77. The van der Waals surface area contributed by atoms with Gasteiger partial charge in [-0.05, 0) is 50.1 Å². The van der Waals surface area contributed by atoms with Crippen LogP contribution in [0.2, 0.25) is 5.02 Å². The van der Waals surface area contributed by atoms with Gasteiger partial charge >= 0.3 is 5.97 Å². The average Bonchev–Trinajstić information content (AvgIpc) is 3.00. The topological polar surface area (TPSA) is 77.8 Å². The number of halogens is 1. The number of carboxylic acids is 1. The van der Waals surface area contributed by atoms with Gasteiger partial charge in [0, 0.05) is 62.4 Å². The van der Waals surface area contributed by atoms with Crippen LogP contribution in [0.3, 0.4) is 0 Å². The van der Waals surface area contributed by atoms with Crippen molar-refractivity contribution in [2.24, 2.45) is 7.05 Å². The Kier molecular flexibility index (Phi) is 7.62. The fraction of sp³-hybridized carbons (Fsp3) is 0.478. The molecule has 0 saturated carbocycles. The first-order chi connectivity index (χ1) is 14.8. The summed E-state index contributed by atoms with van der Waals surface area (Å²) in [6.45, 7) is 9.23. The van der Waals surface area contributed by atoms with E-state index >= 15 is 0 Å². The van der Waals surface area contributed by atoms with E-state index in [0.717, 1.165) is 44.2 Å². The molecule has 1 amide bonds. The van der Waals surface area contributed by atoms with E-state index in [-0.39, 0.29) is 17.9 Å². The van der Waals surface area contributed by atoms with Crippen molar-refractivity contribution in [3.8, 4) is 0 Å². The zero-order valence-corrected chi connectivity index (χ0v) is 19.2. The highest BCUT2D eigenvalue weighted by molar-refractivity contribution is 6.30.